The SMILES string of the molecule is CS(=O)(=O)Oc1ccc(NC(=O)C2CCCCC2)cc1. The molecule has 0 aliphatic heterocycles. The maximum absolute atomic E-state index is 12.0. The predicted octanol–water partition coefficient (Wildman–Crippen LogP) is 2.54. The molecule has 0 bridgehead atoms. The van der Waals surface area contributed by atoms with Crippen molar-refractivity contribution < 1.29 is 17.4 Å². The van der Waals surface area contributed by atoms with E-state index in [-0.39, 0.29) is 17.6 Å². The lowest BCUT2D eigenvalue weighted by Gasteiger charge is -2.20. The van der Waals surface area contributed by atoms with E-state index in [9.17, 15) is 13.2 Å². The fourth-order valence-electron chi connectivity index (χ4n) is 2.38. The lowest BCUT2D eigenvalue weighted by molar-refractivity contribution is -0.120. The molecule has 20 heavy (non-hydrogen) atoms. The molecule has 1 aliphatic rings. The average molecular weight is 297 g/mol. The second-order valence-electron chi connectivity index (χ2n) is 5.14. The van der Waals surface area contributed by atoms with Crippen LogP contribution in [0.2, 0.25) is 0 Å². The molecule has 0 spiro atoms. The van der Waals surface area contributed by atoms with Crippen molar-refractivity contribution in [3.63, 3.8) is 0 Å². The van der Waals surface area contributed by atoms with Gasteiger partial charge >= 0.3 is 10.1 Å². The molecule has 0 saturated heterocycles. The first-order valence-electron chi connectivity index (χ1n) is 6.74. The van der Waals surface area contributed by atoms with Gasteiger partial charge in [0, 0.05) is 11.6 Å². The number of amides is 1. The van der Waals surface area contributed by atoms with Gasteiger partial charge in [0.25, 0.3) is 0 Å². The van der Waals surface area contributed by atoms with Crippen LogP contribution in [0.1, 0.15) is 32.1 Å². The first-order chi connectivity index (χ1) is 9.44. The Morgan fingerprint density at radius 1 is 1.15 bits per heavy atom. The molecule has 1 amide bonds. The third kappa shape index (κ3) is 4.52. The van der Waals surface area contributed by atoms with Crippen molar-refractivity contribution in [2.24, 2.45) is 5.92 Å². The molecule has 0 heterocycles. The van der Waals surface area contributed by atoms with E-state index in [2.05, 4.69) is 5.32 Å². The van der Waals surface area contributed by atoms with Gasteiger partial charge in [-0.25, -0.2) is 0 Å². The minimum atomic E-state index is -3.52. The summed E-state index contributed by atoms with van der Waals surface area (Å²) in [7, 11) is -3.52. The largest absolute Gasteiger partial charge is 0.383 e. The zero-order valence-electron chi connectivity index (χ0n) is 11.5. The van der Waals surface area contributed by atoms with Crippen molar-refractivity contribution in [3.05, 3.63) is 24.3 Å². The lowest BCUT2D eigenvalue weighted by Crippen LogP contribution is -2.24. The van der Waals surface area contributed by atoms with Crippen LogP contribution in [0.5, 0.6) is 5.75 Å². The molecule has 0 aromatic heterocycles. The summed E-state index contributed by atoms with van der Waals surface area (Å²) in [5.74, 6) is 0.375. The summed E-state index contributed by atoms with van der Waals surface area (Å²) >= 11 is 0. The first kappa shape index (κ1) is 14.8. The van der Waals surface area contributed by atoms with E-state index in [4.69, 9.17) is 4.18 Å². The molecule has 1 aliphatic carbocycles. The maximum atomic E-state index is 12.0. The van der Waals surface area contributed by atoms with Gasteiger partial charge in [-0.3, -0.25) is 4.79 Å². The summed E-state index contributed by atoms with van der Waals surface area (Å²) < 4.78 is 26.7. The fraction of sp³-hybridized carbons (Fsp3) is 0.500. The van der Waals surface area contributed by atoms with Crippen LogP contribution in [0.25, 0.3) is 0 Å². The van der Waals surface area contributed by atoms with Crippen LogP contribution in [-0.2, 0) is 14.9 Å². The molecule has 5 nitrogen and oxygen atoms in total. The smallest absolute Gasteiger partial charge is 0.306 e. The van der Waals surface area contributed by atoms with Crippen LogP contribution in [0, 0.1) is 5.92 Å². The standard InChI is InChI=1S/C14H19NO4S/c1-20(17,18)19-13-9-7-12(8-10-13)15-14(16)11-5-3-2-4-6-11/h7-11H,2-6H2,1H3,(H,15,16). The minimum absolute atomic E-state index is 0.0430. The molecule has 0 unspecified atom stereocenters. The highest BCUT2D eigenvalue weighted by atomic mass is 32.2. The first-order valence-corrected chi connectivity index (χ1v) is 8.56. The molecule has 1 fully saturated rings. The number of anilines is 1. The van der Waals surface area contributed by atoms with Crippen LogP contribution < -0.4 is 9.50 Å². The number of rotatable bonds is 4. The van der Waals surface area contributed by atoms with E-state index in [1.807, 2.05) is 0 Å². The molecule has 1 N–H and O–H groups in total. The van der Waals surface area contributed by atoms with Gasteiger partial charge in [-0.05, 0) is 37.1 Å². The van der Waals surface area contributed by atoms with Gasteiger partial charge in [0.05, 0.1) is 6.26 Å². The molecule has 1 aromatic carbocycles. The van der Waals surface area contributed by atoms with E-state index < -0.39 is 10.1 Å². The van der Waals surface area contributed by atoms with Gasteiger partial charge in [-0.1, -0.05) is 19.3 Å². The van der Waals surface area contributed by atoms with Crippen LogP contribution in [0.3, 0.4) is 0 Å². The van der Waals surface area contributed by atoms with Crippen molar-refractivity contribution in [2.45, 2.75) is 32.1 Å². The Bertz CT molecular complexity index is 559. The van der Waals surface area contributed by atoms with E-state index in [1.54, 1.807) is 12.1 Å². The van der Waals surface area contributed by atoms with Crippen molar-refractivity contribution >= 4 is 21.7 Å². The Labute approximate surface area is 119 Å². The van der Waals surface area contributed by atoms with Crippen LogP contribution in [0.4, 0.5) is 5.69 Å². The molecular formula is C14H19NO4S. The van der Waals surface area contributed by atoms with Crippen LogP contribution in [0.15, 0.2) is 24.3 Å². The highest BCUT2D eigenvalue weighted by Gasteiger charge is 2.20. The molecule has 2 rings (SSSR count). The fourth-order valence-corrected chi connectivity index (χ4v) is 2.84. The van der Waals surface area contributed by atoms with Gasteiger partial charge in [-0.2, -0.15) is 8.42 Å². The second-order valence-corrected chi connectivity index (χ2v) is 6.71. The molecule has 6 heteroatoms. The Kier molecular flexibility index (Phi) is 4.65. The van der Waals surface area contributed by atoms with Crippen LogP contribution in [-0.4, -0.2) is 20.6 Å². The van der Waals surface area contributed by atoms with Gasteiger partial charge < -0.3 is 9.50 Å². The summed E-state index contributed by atoms with van der Waals surface area (Å²) in [4.78, 5) is 12.0. The highest BCUT2D eigenvalue weighted by molar-refractivity contribution is 7.86. The zero-order valence-corrected chi connectivity index (χ0v) is 12.3. The maximum Gasteiger partial charge on any atom is 0.306 e. The third-order valence-corrected chi connectivity index (χ3v) is 3.84. The summed E-state index contributed by atoms with van der Waals surface area (Å²) in [6.07, 6.45) is 6.31. The van der Waals surface area contributed by atoms with Crippen molar-refractivity contribution in [1.82, 2.24) is 0 Å². The van der Waals surface area contributed by atoms with Crippen molar-refractivity contribution in [1.29, 1.82) is 0 Å². The molecular weight excluding hydrogens is 278 g/mol. The third-order valence-electron chi connectivity index (χ3n) is 3.35. The van der Waals surface area contributed by atoms with E-state index >= 15 is 0 Å². The average Bonchev–Trinajstić information content (AvgIpc) is 2.40. The van der Waals surface area contributed by atoms with Gasteiger partial charge in [-0.15, -0.1) is 0 Å². The quantitative estimate of drug-likeness (QED) is 0.867. The number of carbonyl (C=O) groups excluding carboxylic acids is 1. The summed E-state index contributed by atoms with van der Waals surface area (Å²) in [5, 5.41) is 2.86. The Hall–Kier alpha value is -1.56. The lowest BCUT2D eigenvalue weighted by atomic mass is 9.88. The number of hydrogen-bond donors (Lipinski definition) is 1. The zero-order chi connectivity index (χ0) is 14.6. The highest BCUT2D eigenvalue weighted by Crippen LogP contribution is 2.25. The topological polar surface area (TPSA) is 72.5 Å². The summed E-state index contributed by atoms with van der Waals surface area (Å²) in [5.41, 5.74) is 0.654. The minimum Gasteiger partial charge on any atom is -0.383 e. The van der Waals surface area contributed by atoms with Gasteiger partial charge in [0.1, 0.15) is 5.75 Å². The number of benzene rings is 1. The van der Waals surface area contributed by atoms with E-state index in [0.29, 0.717) is 5.69 Å². The van der Waals surface area contributed by atoms with E-state index in [0.717, 1.165) is 31.9 Å². The van der Waals surface area contributed by atoms with E-state index in [1.165, 1.54) is 18.6 Å². The molecule has 1 saturated carbocycles. The summed E-state index contributed by atoms with van der Waals surface area (Å²) in [6, 6.07) is 6.33. The molecule has 110 valence electrons. The molecule has 1 aromatic rings. The summed E-state index contributed by atoms with van der Waals surface area (Å²) in [6.45, 7) is 0. The van der Waals surface area contributed by atoms with Gasteiger partial charge in [0.2, 0.25) is 5.91 Å². The van der Waals surface area contributed by atoms with Gasteiger partial charge in [0.15, 0.2) is 0 Å². The van der Waals surface area contributed by atoms with Crippen molar-refractivity contribution in [3.8, 4) is 5.75 Å². The monoisotopic (exact) mass is 297 g/mol. The van der Waals surface area contributed by atoms with Crippen molar-refractivity contribution in [2.75, 3.05) is 11.6 Å². The number of carbonyl (C=O) groups is 1. The number of nitrogens with one attached hydrogen (secondary N) is 1. The number of hydrogen-bond acceptors (Lipinski definition) is 4. The predicted molar refractivity (Wildman–Crippen MR) is 77.1 cm³/mol. The van der Waals surface area contributed by atoms with Crippen LogP contribution >= 0.6 is 0 Å². The Morgan fingerprint density at radius 3 is 2.30 bits per heavy atom. The Balaban J connectivity index is 1.94. The molecule has 0 atom stereocenters. The molecule has 0 radical (unpaired) electrons. The normalized spacial score (nSPS) is 16.6. The Morgan fingerprint density at radius 2 is 1.75 bits per heavy atom. The second kappa shape index (κ2) is 6.26.